The Morgan fingerprint density at radius 3 is 2.14 bits per heavy atom. The molecule has 1 atom stereocenters. The van der Waals surface area contributed by atoms with Gasteiger partial charge in [0.05, 0.1) is 10.9 Å². The van der Waals surface area contributed by atoms with Crippen LogP contribution >= 0.6 is 0 Å². The van der Waals surface area contributed by atoms with Crippen molar-refractivity contribution in [3.05, 3.63) is 0 Å². The summed E-state index contributed by atoms with van der Waals surface area (Å²) >= 11 is 0. The number of carbonyl (C=O) groups excluding carboxylic acids is 1. The SMILES string of the molecule is CC(C)OC(=O)/C(CC(C)(C)C1CC1)=N\S(=O)C(C)(C)C. The predicted octanol–water partition coefficient (Wildman–Crippen LogP) is 3.67. The van der Waals surface area contributed by atoms with Crippen molar-refractivity contribution >= 4 is 22.7 Å². The second-order valence-corrected chi connectivity index (χ2v) is 9.70. The van der Waals surface area contributed by atoms with Crippen molar-refractivity contribution in [2.24, 2.45) is 15.7 Å². The highest BCUT2D eigenvalue weighted by Gasteiger charge is 2.40. The van der Waals surface area contributed by atoms with Gasteiger partial charge in [0.15, 0.2) is 0 Å². The van der Waals surface area contributed by atoms with Crippen LogP contribution in [0.5, 0.6) is 0 Å². The van der Waals surface area contributed by atoms with Crippen LogP contribution in [-0.2, 0) is 20.5 Å². The minimum atomic E-state index is -1.44. The molecule has 0 aromatic heterocycles. The summed E-state index contributed by atoms with van der Waals surface area (Å²) in [6, 6.07) is 0. The summed E-state index contributed by atoms with van der Waals surface area (Å²) in [6.07, 6.45) is 2.71. The van der Waals surface area contributed by atoms with E-state index in [1.807, 2.05) is 34.6 Å². The van der Waals surface area contributed by atoms with E-state index in [0.29, 0.717) is 18.1 Å². The molecule has 0 saturated heterocycles. The Bertz CT molecular complexity index is 443. The van der Waals surface area contributed by atoms with Crippen LogP contribution in [0.2, 0.25) is 0 Å². The first kappa shape index (κ1) is 18.3. The lowest BCUT2D eigenvalue weighted by atomic mass is 9.82. The highest BCUT2D eigenvalue weighted by molar-refractivity contribution is 7.85. The van der Waals surface area contributed by atoms with E-state index in [2.05, 4.69) is 18.2 Å². The summed E-state index contributed by atoms with van der Waals surface area (Å²) in [4.78, 5) is 12.2. The van der Waals surface area contributed by atoms with Crippen LogP contribution in [0.15, 0.2) is 4.40 Å². The second kappa shape index (κ2) is 6.59. The van der Waals surface area contributed by atoms with Crippen LogP contribution in [-0.4, -0.2) is 26.7 Å². The van der Waals surface area contributed by atoms with E-state index in [9.17, 15) is 9.00 Å². The molecule has 0 spiro atoms. The molecular weight excluding hydrogens is 286 g/mol. The molecule has 0 N–H and O–H groups in total. The summed E-state index contributed by atoms with van der Waals surface area (Å²) in [5.74, 6) is 0.189. The maximum atomic E-state index is 12.3. The lowest BCUT2D eigenvalue weighted by Crippen LogP contribution is -2.30. The van der Waals surface area contributed by atoms with Crippen molar-refractivity contribution in [2.45, 2.75) is 78.6 Å². The molecule has 122 valence electrons. The molecule has 0 bridgehead atoms. The van der Waals surface area contributed by atoms with E-state index in [1.54, 1.807) is 0 Å². The Balaban J connectivity index is 2.96. The van der Waals surface area contributed by atoms with E-state index in [-0.39, 0.29) is 11.5 Å². The first-order chi connectivity index (χ1) is 9.43. The maximum absolute atomic E-state index is 12.3. The zero-order chi connectivity index (χ0) is 16.4. The molecule has 1 aliphatic carbocycles. The van der Waals surface area contributed by atoms with Crippen molar-refractivity contribution in [1.82, 2.24) is 0 Å². The van der Waals surface area contributed by atoms with Gasteiger partial charge in [0, 0.05) is 6.42 Å². The second-order valence-electron chi connectivity index (χ2n) is 7.79. The molecule has 21 heavy (non-hydrogen) atoms. The molecule has 1 rings (SSSR count). The van der Waals surface area contributed by atoms with Crippen molar-refractivity contribution in [1.29, 1.82) is 0 Å². The first-order valence-corrected chi connectivity index (χ1v) is 8.74. The molecule has 0 aromatic carbocycles. The van der Waals surface area contributed by atoms with Crippen LogP contribution in [0.3, 0.4) is 0 Å². The molecule has 5 heteroatoms. The fourth-order valence-electron chi connectivity index (χ4n) is 2.10. The Labute approximate surface area is 131 Å². The third-order valence-corrected chi connectivity index (χ3v) is 5.03. The number of hydrogen-bond donors (Lipinski definition) is 0. The van der Waals surface area contributed by atoms with E-state index >= 15 is 0 Å². The van der Waals surface area contributed by atoms with E-state index in [1.165, 1.54) is 12.8 Å². The van der Waals surface area contributed by atoms with Gasteiger partial charge in [-0.05, 0) is 58.8 Å². The third kappa shape index (κ3) is 5.89. The standard InChI is InChI=1S/C16H29NO3S/c1-11(2)20-14(18)13(17-21(19)15(3,4)5)10-16(6,7)12-8-9-12/h11-12H,8-10H2,1-7H3/b17-13-. The molecule has 1 aliphatic rings. The van der Waals surface area contributed by atoms with E-state index < -0.39 is 21.7 Å². The van der Waals surface area contributed by atoms with Crippen LogP contribution in [0.4, 0.5) is 0 Å². The molecule has 0 amide bonds. The van der Waals surface area contributed by atoms with Crippen LogP contribution < -0.4 is 0 Å². The molecular formula is C16H29NO3S. The smallest absolute Gasteiger partial charge is 0.353 e. The zero-order valence-electron chi connectivity index (χ0n) is 14.4. The zero-order valence-corrected chi connectivity index (χ0v) is 15.2. The fourth-order valence-corrected chi connectivity index (χ4v) is 2.71. The van der Waals surface area contributed by atoms with Crippen LogP contribution in [0.1, 0.15) is 67.7 Å². The molecule has 4 nitrogen and oxygen atoms in total. The highest BCUT2D eigenvalue weighted by atomic mass is 32.2. The van der Waals surface area contributed by atoms with Crippen molar-refractivity contribution in [3.63, 3.8) is 0 Å². The monoisotopic (exact) mass is 315 g/mol. The topological polar surface area (TPSA) is 55.7 Å². The minimum absolute atomic E-state index is 0.00306. The van der Waals surface area contributed by atoms with Crippen molar-refractivity contribution in [2.75, 3.05) is 0 Å². The number of rotatable bonds is 6. The maximum Gasteiger partial charge on any atom is 0.353 e. The Morgan fingerprint density at radius 2 is 1.76 bits per heavy atom. The summed E-state index contributed by atoms with van der Waals surface area (Å²) in [5, 5.41) is 0. The quantitative estimate of drug-likeness (QED) is 0.555. The van der Waals surface area contributed by atoms with Gasteiger partial charge in [0.2, 0.25) is 0 Å². The van der Waals surface area contributed by atoms with Gasteiger partial charge in [-0.2, -0.15) is 4.40 Å². The Hall–Kier alpha value is -0.710. The molecule has 0 radical (unpaired) electrons. The Morgan fingerprint density at radius 1 is 1.24 bits per heavy atom. The average molecular weight is 315 g/mol. The van der Waals surface area contributed by atoms with Gasteiger partial charge in [0.1, 0.15) is 16.7 Å². The first-order valence-electron chi connectivity index (χ1n) is 7.64. The predicted molar refractivity (Wildman–Crippen MR) is 87.7 cm³/mol. The number of nitrogens with zero attached hydrogens (tertiary/aromatic N) is 1. The average Bonchev–Trinajstić information content (AvgIpc) is 3.08. The summed E-state index contributed by atoms with van der Waals surface area (Å²) < 4.78 is 21.3. The number of esters is 1. The number of carbonyl (C=O) groups is 1. The molecule has 1 unspecified atom stereocenters. The molecule has 0 heterocycles. The molecule has 1 saturated carbocycles. The Kier molecular flexibility index (Phi) is 5.76. The fraction of sp³-hybridized carbons (Fsp3) is 0.875. The molecule has 1 fully saturated rings. The normalized spacial score (nSPS) is 18.8. The summed E-state index contributed by atoms with van der Waals surface area (Å²) in [5.41, 5.74) is 0.311. The highest BCUT2D eigenvalue weighted by Crippen LogP contribution is 2.47. The largest absolute Gasteiger partial charge is 0.458 e. The van der Waals surface area contributed by atoms with Crippen molar-refractivity contribution < 1.29 is 13.7 Å². The number of hydrogen-bond acceptors (Lipinski definition) is 3. The number of ether oxygens (including phenoxy) is 1. The van der Waals surface area contributed by atoms with E-state index in [4.69, 9.17) is 4.74 Å². The van der Waals surface area contributed by atoms with E-state index in [0.717, 1.165) is 0 Å². The lowest BCUT2D eigenvalue weighted by molar-refractivity contribution is -0.139. The summed E-state index contributed by atoms with van der Waals surface area (Å²) in [6.45, 7) is 13.5. The minimum Gasteiger partial charge on any atom is -0.458 e. The van der Waals surface area contributed by atoms with Gasteiger partial charge in [-0.25, -0.2) is 9.00 Å². The van der Waals surface area contributed by atoms with Crippen LogP contribution in [0, 0.1) is 11.3 Å². The van der Waals surface area contributed by atoms with Gasteiger partial charge in [0.25, 0.3) is 0 Å². The van der Waals surface area contributed by atoms with Crippen LogP contribution in [0.25, 0.3) is 0 Å². The van der Waals surface area contributed by atoms with Gasteiger partial charge in [-0.15, -0.1) is 0 Å². The molecule has 0 aliphatic heterocycles. The van der Waals surface area contributed by atoms with Gasteiger partial charge >= 0.3 is 5.97 Å². The lowest BCUT2D eigenvalue weighted by Gasteiger charge is -2.25. The van der Waals surface area contributed by atoms with Crippen molar-refractivity contribution in [3.8, 4) is 0 Å². The van der Waals surface area contributed by atoms with Gasteiger partial charge < -0.3 is 4.74 Å². The van der Waals surface area contributed by atoms with Gasteiger partial charge in [-0.3, -0.25) is 0 Å². The molecule has 0 aromatic rings. The summed E-state index contributed by atoms with van der Waals surface area (Å²) in [7, 11) is -1.44. The third-order valence-electron chi connectivity index (χ3n) is 3.60. The van der Waals surface area contributed by atoms with Gasteiger partial charge in [-0.1, -0.05) is 13.8 Å².